The van der Waals surface area contributed by atoms with Gasteiger partial charge in [-0.15, -0.1) is 0 Å². The van der Waals surface area contributed by atoms with E-state index in [1.54, 1.807) is 0 Å². The van der Waals surface area contributed by atoms with Gasteiger partial charge in [-0.25, -0.2) is 9.59 Å². The second kappa shape index (κ2) is 5.73. The number of fused-ring (bicyclic) bond motifs is 1. The molecule has 0 amide bonds. The van der Waals surface area contributed by atoms with Gasteiger partial charge in [-0.1, -0.05) is 13.3 Å². The molecule has 1 aromatic carbocycles. The van der Waals surface area contributed by atoms with E-state index in [9.17, 15) is 14.4 Å². The van der Waals surface area contributed by atoms with Gasteiger partial charge >= 0.3 is 11.7 Å². The van der Waals surface area contributed by atoms with E-state index in [-0.39, 0.29) is 11.1 Å². The van der Waals surface area contributed by atoms with Crippen molar-refractivity contribution in [3.8, 4) is 0 Å². The molecule has 0 atom stereocenters. The highest BCUT2D eigenvalue weighted by molar-refractivity contribution is 5.94. The maximum atomic E-state index is 12.3. The summed E-state index contributed by atoms with van der Waals surface area (Å²) in [6.07, 6.45) is 1.62. The zero-order valence-electron chi connectivity index (χ0n) is 11.4. The molecule has 0 aliphatic carbocycles. The van der Waals surface area contributed by atoms with Crippen LogP contribution in [-0.4, -0.2) is 22.6 Å². The number of ether oxygens (including phenoxy) is 1. The van der Waals surface area contributed by atoms with Gasteiger partial charge < -0.3 is 9.72 Å². The van der Waals surface area contributed by atoms with E-state index >= 15 is 0 Å². The Hall–Kier alpha value is -2.37. The number of nitrogens with one attached hydrogen (secondary N) is 1. The third kappa shape index (κ3) is 2.49. The topological polar surface area (TPSA) is 81.2 Å². The van der Waals surface area contributed by atoms with E-state index in [0.29, 0.717) is 17.4 Å². The second-order valence-electron chi connectivity index (χ2n) is 4.49. The summed E-state index contributed by atoms with van der Waals surface area (Å²) in [4.78, 5) is 38.3. The maximum Gasteiger partial charge on any atom is 0.337 e. The predicted molar refractivity (Wildman–Crippen MR) is 75.1 cm³/mol. The molecule has 0 saturated carbocycles. The molecule has 0 unspecified atom stereocenters. The molecule has 0 radical (unpaired) electrons. The van der Waals surface area contributed by atoms with Crippen molar-refractivity contribution < 1.29 is 9.53 Å². The Labute approximate surface area is 115 Å². The zero-order chi connectivity index (χ0) is 14.7. The van der Waals surface area contributed by atoms with Crippen LogP contribution in [0.3, 0.4) is 0 Å². The molecule has 20 heavy (non-hydrogen) atoms. The third-order valence-electron chi connectivity index (χ3n) is 3.14. The van der Waals surface area contributed by atoms with Gasteiger partial charge in [-0.05, 0) is 24.6 Å². The molecule has 0 fully saturated rings. The summed E-state index contributed by atoms with van der Waals surface area (Å²) in [5.41, 5.74) is -0.115. The fourth-order valence-corrected chi connectivity index (χ4v) is 2.01. The zero-order valence-corrected chi connectivity index (χ0v) is 11.4. The van der Waals surface area contributed by atoms with Crippen LogP contribution in [0.25, 0.3) is 10.9 Å². The number of carbonyl (C=O) groups is 1. The second-order valence-corrected chi connectivity index (χ2v) is 4.49. The standard InChI is InChI=1S/C14H16N2O4/c1-3-4-7-16-12(17)10-8-9(13(18)20-2)5-6-11(10)15-14(16)19/h5-6,8H,3-4,7H2,1-2H3,(H,15,19). The van der Waals surface area contributed by atoms with Crippen molar-refractivity contribution in [1.29, 1.82) is 0 Å². The van der Waals surface area contributed by atoms with Gasteiger partial charge in [0.2, 0.25) is 0 Å². The molecule has 0 aliphatic heterocycles. The normalized spacial score (nSPS) is 10.7. The van der Waals surface area contributed by atoms with Gasteiger partial charge in [0, 0.05) is 6.54 Å². The summed E-state index contributed by atoms with van der Waals surface area (Å²) < 4.78 is 5.78. The van der Waals surface area contributed by atoms with E-state index in [1.807, 2.05) is 6.92 Å². The average Bonchev–Trinajstić information content (AvgIpc) is 2.46. The Morgan fingerprint density at radius 3 is 2.75 bits per heavy atom. The van der Waals surface area contributed by atoms with Crippen molar-refractivity contribution in [2.24, 2.45) is 0 Å². The van der Waals surface area contributed by atoms with Crippen LogP contribution in [0.1, 0.15) is 30.1 Å². The van der Waals surface area contributed by atoms with Crippen molar-refractivity contribution in [3.05, 3.63) is 44.6 Å². The minimum absolute atomic E-state index is 0.284. The van der Waals surface area contributed by atoms with Gasteiger partial charge in [0.25, 0.3) is 5.56 Å². The number of aromatic amines is 1. The first-order chi connectivity index (χ1) is 9.58. The first-order valence-electron chi connectivity index (χ1n) is 6.43. The van der Waals surface area contributed by atoms with Crippen molar-refractivity contribution in [3.63, 3.8) is 0 Å². The number of rotatable bonds is 4. The van der Waals surface area contributed by atoms with Crippen LogP contribution in [0.2, 0.25) is 0 Å². The smallest absolute Gasteiger partial charge is 0.337 e. The molecule has 0 saturated heterocycles. The van der Waals surface area contributed by atoms with E-state index in [0.717, 1.165) is 17.4 Å². The summed E-state index contributed by atoms with van der Waals surface area (Å²) in [5, 5.41) is 0.309. The van der Waals surface area contributed by atoms with Gasteiger partial charge in [-0.3, -0.25) is 9.36 Å². The number of hydrogen-bond donors (Lipinski definition) is 1. The molecule has 2 aromatic rings. The predicted octanol–water partition coefficient (Wildman–Crippen LogP) is 1.28. The average molecular weight is 276 g/mol. The van der Waals surface area contributed by atoms with Crippen LogP contribution in [0.4, 0.5) is 0 Å². The molecular formula is C14H16N2O4. The molecule has 0 bridgehead atoms. The third-order valence-corrected chi connectivity index (χ3v) is 3.14. The first-order valence-corrected chi connectivity index (χ1v) is 6.43. The number of unbranched alkanes of at least 4 members (excludes halogenated alkanes) is 1. The molecule has 0 aliphatic rings. The minimum Gasteiger partial charge on any atom is -0.465 e. The molecule has 2 rings (SSSR count). The van der Waals surface area contributed by atoms with Crippen LogP contribution in [-0.2, 0) is 11.3 Å². The molecule has 1 aromatic heterocycles. The molecular weight excluding hydrogens is 260 g/mol. The lowest BCUT2D eigenvalue weighted by molar-refractivity contribution is 0.0601. The highest BCUT2D eigenvalue weighted by Crippen LogP contribution is 2.10. The molecule has 6 nitrogen and oxygen atoms in total. The van der Waals surface area contributed by atoms with Crippen LogP contribution < -0.4 is 11.2 Å². The summed E-state index contributed by atoms with van der Waals surface area (Å²) in [6, 6.07) is 4.50. The molecule has 1 heterocycles. The lowest BCUT2D eigenvalue weighted by Gasteiger charge is -2.06. The Bertz CT molecular complexity index is 758. The molecule has 6 heteroatoms. The summed E-state index contributed by atoms with van der Waals surface area (Å²) in [6.45, 7) is 2.35. The number of H-pyrrole nitrogens is 1. The number of nitrogens with zero attached hydrogens (tertiary/aromatic N) is 1. The molecule has 106 valence electrons. The number of methoxy groups -OCH3 is 1. The number of aromatic nitrogens is 2. The van der Waals surface area contributed by atoms with Crippen LogP contribution in [0.5, 0.6) is 0 Å². The van der Waals surface area contributed by atoms with E-state index in [2.05, 4.69) is 9.72 Å². The maximum absolute atomic E-state index is 12.3. The van der Waals surface area contributed by atoms with E-state index in [4.69, 9.17) is 0 Å². The van der Waals surface area contributed by atoms with Crippen LogP contribution in [0.15, 0.2) is 27.8 Å². The first kappa shape index (κ1) is 14.0. The highest BCUT2D eigenvalue weighted by Gasteiger charge is 2.11. The quantitative estimate of drug-likeness (QED) is 0.853. The summed E-state index contributed by atoms with van der Waals surface area (Å²) in [5.74, 6) is -0.516. The lowest BCUT2D eigenvalue weighted by atomic mass is 10.1. The molecule has 1 N–H and O–H groups in total. The number of hydrogen-bond acceptors (Lipinski definition) is 4. The summed E-state index contributed by atoms with van der Waals surface area (Å²) >= 11 is 0. The number of esters is 1. The van der Waals surface area contributed by atoms with Crippen LogP contribution >= 0.6 is 0 Å². The molecule has 0 spiro atoms. The van der Waals surface area contributed by atoms with Crippen molar-refractivity contribution in [2.75, 3.05) is 7.11 Å². The van der Waals surface area contributed by atoms with Gasteiger partial charge in [-0.2, -0.15) is 0 Å². The fraction of sp³-hybridized carbons (Fsp3) is 0.357. The van der Waals surface area contributed by atoms with Gasteiger partial charge in [0.15, 0.2) is 0 Å². The number of carbonyl (C=O) groups excluding carboxylic acids is 1. The SMILES string of the molecule is CCCCn1c(=O)[nH]c2ccc(C(=O)OC)cc2c1=O. The van der Waals surface area contributed by atoms with Crippen LogP contribution in [0, 0.1) is 0 Å². The van der Waals surface area contributed by atoms with Crippen molar-refractivity contribution in [2.45, 2.75) is 26.3 Å². The Balaban J connectivity index is 2.65. The highest BCUT2D eigenvalue weighted by atomic mass is 16.5. The lowest BCUT2D eigenvalue weighted by Crippen LogP contribution is -2.35. The minimum atomic E-state index is -0.516. The Morgan fingerprint density at radius 2 is 2.10 bits per heavy atom. The Morgan fingerprint density at radius 1 is 1.35 bits per heavy atom. The van der Waals surface area contributed by atoms with E-state index in [1.165, 1.54) is 25.3 Å². The summed E-state index contributed by atoms with van der Waals surface area (Å²) in [7, 11) is 1.28. The van der Waals surface area contributed by atoms with Gasteiger partial charge in [0.1, 0.15) is 0 Å². The monoisotopic (exact) mass is 276 g/mol. The fourth-order valence-electron chi connectivity index (χ4n) is 2.01. The van der Waals surface area contributed by atoms with Crippen molar-refractivity contribution >= 4 is 16.9 Å². The van der Waals surface area contributed by atoms with Crippen molar-refractivity contribution in [1.82, 2.24) is 9.55 Å². The van der Waals surface area contributed by atoms with E-state index < -0.39 is 11.7 Å². The largest absolute Gasteiger partial charge is 0.465 e. The number of benzene rings is 1. The Kier molecular flexibility index (Phi) is 4.02. The van der Waals surface area contributed by atoms with Gasteiger partial charge in [0.05, 0.1) is 23.6 Å².